The van der Waals surface area contributed by atoms with Crippen molar-refractivity contribution in [2.45, 2.75) is 20.0 Å². The van der Waals surface area contributed by atoms with E-state index in [1.807, 2.05) is 19.1 Å². The highest BCUT2D eigenvalue weighted by Gasteiger charge is 2.05. The summed E-state index contributed by atoms with van der Waals surface area (Å²) in [5.41, 5.74) is 1.88. The lowest BCUT2D eigenvalue weighted by molar-refractivity contribution is -0.384. The van der Waals surface area contributed by atoms with Crippen molar-refractivity contribution in [1.29, 1.82) is 0 Å². The van der Waals surface area contributed by atoms with E-state index < -0.39 is 4.92 Å². The first-order valence-corrected chi connectivity index (χ1v) is 5.88. The van der Waals surface area contributed by atoms with E-state index in [0.717, 1.165) is 17.1 Å². The fourth-order valence-corrected chi connectivity index (χ4v) is 1.72. The molecule has 0 unspecified atom stereocenters. The van der Waals surface area contributed by atoms with Crippen LogP contribution in [-0.2, 0) is 13.1 Å². The number of rotatable bonds is 5. The third-order valence-electron chi connectivity index (χ3n) is 2.59. The van der Waals surface area contributed by atoms with Crippen LogP contribution in [0.1, 0.15) is 17.1 Å². The van der Waals surface area contributed by atoms with Gasteiger partial charge in [0.05, 0.1) is 10.6 Å². The Bertz CT molecular complexity index is 586. The van der Waals surface area contributed by atoms with Crippen molar-refractivity contribution in [3.8, 4) is 0 Å². The number of nitrogens with one attached hydrogen (secondary N) is 1. The summed E-state index contributed by atoms with van der Waals surface area (Å²) < 4.78 is 0. The zero-order valence-electron chi connectivity index (χ0n) is 10.5. The van der Waals surface area contributed by atoms with Crippen LogP contribution >= 0.6 is 0 Å². The molecule has 0 amide bonds. The molecule has 98 valence electrons. The Morgan fingerprint density at radius 2 is 2.16 bits per heavy atom. The summed E-state index contributed by atoms with van der Waals surface area (Å²) in [6.07, 6.45) is 1.71. The number of nitrogens with zero attached hydrogens (tertiary/aromatic N) is 3. The normalized spacial score (nSPS) is 10.4. The van der Waals surface area contributed by atoms with Gasteiger partial charge in [-0.25, -0.2) is 9.97 Å². The highest BCUT2D eigenvalue weighted by Crippen LogP contribution is 2.12. The summed E-state index contributed by atoms with van der Waals surface area (Å²) in [6.45, 7) is 3.00. The van der Waals surface area contributed by atoms with Crippen LogP contribution in [0, 0.1) is 17.0 Å². The average molecular weight is 258 g/mol. The SMILES string of the molecule is Cc1nccc(CNCc2cccc([N+](=O)[O-])c2)n1. The van der Waals surface area contributed by atoms with Crippen molar-refractivity contribution in [3.05, 3.63) is 63.7 Å². The standard InChI is InChI=1S/C13H14N4O2/c1-10-15-6-5-12(16-10)9-14-8-11-3-2-4-13(7-11)17(18)19/h2-7,14H,8-9H2,1H3. The number of benzene rings is 1. The first-order chi connectivity index (χ1) is 9.15. The maximum Gasteiger partial charge on any atom is 0.269 e. The minimum Gasteiger partial charge on any atom is -0.307 e. The van der Waals surface area contributed by atoms with Crippen molar-refractivity contribution < 1.29 is 4.92 Å². The lowest BCUT2D eigenvalue weighted by Gasteiger charge is -2.05. The van der Waals surface area contributed by atoms with E-state index in [9.17, 15) is 10.1 Å². The molecule has 0 aliphatic heterocycles. The van der Waals surface area contributed by atoms with Crippen LogP contribution < -0.4 is 5.32 Å². The molecule has 0 bridgehead atoms. The molecule has 0 saturated carbocycles. The summed E-state index contributed by atoms with van der Waals surface area (Å²) in [5, 5.41) is 13.9. The van der Waals surface area contributed by atoms with E-state index in [1.54, 1.807) is 18.3 Å². The molecular weight excluding hydrogens is 244 g/mol. The van der Waals surface area contributed by atoms with Gasteiger partial charge in [0.1, 0.15) is 5.82 Å². The first-order valence-electron chi connectivity index (χ1n) is 5.88. The molecule has 1 N–H and O–H groups in total. The van der Waals surface area contributed by atoms with Crippen LogP contribution in [0.3, 0.4) is 0 Å². The molecule has 6 heteroatoms. The van der Waals surface area contributed by atoms with Gasteiger partial charge >= 0.3 is 0 Å². The van der Waals surface area contributed by atoms with Crippen molar-refractivity contribution in [2.75, 3.05) is 0 Å². The molecule has 0 atom stereocenters. The van der Waals surface area contributed by atoms with E-state index in [2.05, 4.69) is 15.3 Å². The maximum absolute atomic E-state index is 10.7. The first kappa shape index (κ1) is 13.1. The summed E-state index contributed by atoms with van der Waals surface area (Å²) >= 11 is 0. The molecule has 2 rings (SSSR count). The molecular formula is C13H14N4O2. The zero-order chi connectivity index (χ0) is 13.7. The fraction of sp³-hybridized carbons (Fsp3) is 0.231. The van der Waals surface area contributed by atoms with Gasteiger partial charge in [0.15, 0.2) is 0 Å². The summed E-state index contributed by atoms with van der Waals surface area (Å²) in [7, 11) is 0. The number of aryl methyl sites for hydroxylation is 1. The molecule has 1 aromatic heterocycles. The van der Waals surface area contributed by atoms with Gasteiger partial charge in [-0.2, -0.15) is 0 Å². The van der Waals surface area contributed by atoms with Crippen LogP contribution in [0.15, 0.2) is 36.5 Å². The van der Waals surface area contributed by atoms with Crippen molar-refractivity contribution >= 4 is 5.69 Å². The number of hydrogen-bond acceptors (Lipinski definition) is 5. The molecule has 1 aromatic carbocycles. The quantitative estimate of drug-likeness (QED) is 0.655. The molecule has 0 aliphatic rings. The van der Waals surface area contributed by atoms with E-state index >= 15 is 0 Å². The zero-order valence-corrected chi connectivity index (χ0v) is 10.5. The Kier molecular flexibility index (Phi) is 4.15. The minimum absolute atomic E-state index is 0.109. The Labute approximate surface area is 110 Å². The predicted octanol–water partition coefficient (Wildman–Crippen LogP) is 1.98. The smallest absolute Gasteiger partial charge is 0.269 e. The predicted molar refractivity (Wildman–Crippen MR) is 70.4 cm³/mol. The second kappa shape index (κ2) is 6.01. The van der Waals surface area contributed by atoms with Gasteiger partial charge in [-0.05, 0) is 18.6 Å². The molecule has 0 aliphatic carbocycles. The molecule has 0 saturated heterocycles. The molecule has 2 aromatic rings. The summed E-state index contributed by atoms with van der Waals surface area (Å²) in [6, 6.07) is 8.43. The van der Waals surface area contributed by atoms with Crippen molar-refractivity contribution in [1.82, 2.24) is 15.3 Å². The van der Waals surface area contributed by atoms with Gasteiger partial charge in [-0.1, -0.05) is 12.1 Å². The molecule has 19 heavy (non-hydrogen) atoms. The molecule has 0 fully saturated rings. The largest absolute Gasteiger partial charge is 0.307 e. The fourth-order valence-electron chi connectivity index (χ4n) is 1.72. The lowest BCUT2D eigenvalue weighted by atomic mass is 10.2. The van der Waals surface area contributed by atoms with Crippen LogP contribution in [0.25, 0.3) is 0 Å². The van der Waals surface area contributed by atoms with E-state index in [4.69, 9.17) is 0 Å². The number of hydrogen-bond donors (Lipinski definition) is 1. The number of nitro groups is 1. The third-order valence-corrected chi connectivity index (χ3v) is 2.59. The molecule has 6 nitrogen and oxygen atoms in total. The lowest BCUT2D eigenvalue weighted by Crippen LogP contribution is -2.14. The second-order valence-electron chi connectivity index (χ2n) is 4.13. The van der Waals surface area contributed by atoms with Crippen molar-refractivity contribution in [3.63, 3.8) is 0 Å². The van der Waals surface area contributed by atoms with Crippen LogP contribution in [0.2, 0.25) is 0 Å². The minimum atomic E-state index is -0.392. The number of non-ortho nitro benzene ring substituents is 1. The maximum atomic E-state index is 10.7. The van der Waals surface area contributed by atoms with E-state index in [0.29, 0.717) is 13.1 Å². The highest BCUT2D eigenvalue weighted by atomic mass is 16.6. The molecule has 1 heterocycles. The molecule has 0 spiro atoms. The number of nitro benzene ring substituents is 1. The van der Waals surface area contributed by atoms with Gasteiger partial charge in [-0.3, -0.25) is 10.1 Å². The monoisotopic (exact) mass is 258 g/mol. The third kappa shape index (κ3) is 3.82. The van der Waals surface area contributed by atoms with E-state index in [1.165, 1.54) is 6.07 Å². The Morgan fingerprint density at radius 1 is 1.32 bits per heavy atom. The van der Waals surface area contributed by atoms with Gasteiger partial charge in [0.25, 0.3) is 5.69 Å². The average Bonchev–Trinajstić information content (AvgIpc) is 2.39. The Balaban J connectivity index is 1.92. The topological polar surface area (TPSA) is 81.0 Å². The van der Waals surface area contributed by atoms with Crippen molar-refractivity contribution in [2.24, 2.45) is 0 Å². The van der Waals surface area contributed by atoms with Gasteiger partial charge < -0.3 is 5.32 Å². The Hall–Kier alpha value is -2.34. The van der Waals surface area contributed by atoms with Crippen LogP contribution in [0.5, 0.6) is 0 Å². The summed E-state index contributed by atoms with van der Waals surface area (Å²) in [4.78, 5) is 18.6. The van der Waals surface area contributed by atoms with Crippen LogP contribution in [-0.4, -0.2) is 14.9 Å². The second-order valence-corrected chi connectivity index (χ2v) is 4.13. The Morgan fingerprint density at radius 3 is 2.89 bits per heavy atom. The summed E-state index contributed by atoms with van der Waals surface area (Å²) in [5.74, 6) is 0.731. The van der Waals surface area contributed by atoms with E-state index in [-0.39, 0.29) is 5.69 Å². The molecule has 0 radical (unpaired) electrons. The highest BCUT2D eigenvalue weighted by molar-refractivity contribution is 5.34. The number of aromatic nitrogens is 2. The van der Waals surface area contributed by atoms with Gasteiger partial charge in [-0.15, -0.1) is 0 Å². The van der Waals surface area contributed by atoms with Gasteiger partial charge in [0.2, 0.25) is 0 Å². The van der Waals surface area contributed by atoms with Crippen LogP contribution in [0.4, 0.5) is 5.69 Å². The van der Waals surface area contributed by atoms with Gasteiger partial charge in [0, 0.05) is 31.4 Å².